The van der Waals surface area contributed by atoms with E-state index in [9.17, 15) is 0 Å². The van der Waals surface area contributed by atoms with E-state index >= 15 is 0 Å². The van der Waals surface area contributed by atoms with Crippen LogP contribution in [0.5, 0.6) is 5.75 Å². The molecule has 4 nitrogen and oxygen atoms in total. The Morgan fingerprint density at radius 2 is 2.19 bits per heavy atom. The van der Waals surface area contributed by atoms with Gasteiger partial charge in [-0.1, -0.05) is 26.2 Å². The number of rotatable bonds is 6. The van der Waals surface area contributed by atoms with E-state index in [0.29, 0.717) is 18.0 Å². The number of ether oxygens (including phenoxy) is 1. The Morgan fingerprint density at radius 3 is 2.76 bits per heavy atom. The van der Waals surface area contributed by atoms with Gasteiger partial charge in [-0.2, -0.15) is 5.10 Å². The molecule has 0 radical (unpaired) electrons. The number of methoxy groups -OCH3 is 1. The Hall–Kier alpha value is -1.03. The quantitative estimate of drug-likeness (QED) is 0.863. The highest BCUT2D eigenvalue weighted by Gasteiger charge is 2.32. The van der Waals surface area contributed by atoms with Crippen LogP contribution in [0.2, 0.25) is 0 Å². The maximum atomic E-state index is 5.58. The van der Waals surface area contributed by atoms with Gasteiger partial charge in [-0.15, -0.1) is 0 Å². The molecule has 21 heavy (non-hydrogen) atoms. The minimum Gasteiger partial charge on any atom is -0.493 e. The molecule has 1 saturated carbocycles. The highest BCUT2D eigenvalue weighted by Crippen LogP contribution is 2.41. The summed E-state index contributed by atoms with van der Waals surface area (Å²) in [5.41, 5.74) is 1.22. The molecule has 0 aliphatic heterocycles. The van der Waals surface area contributed by atoms with Gasteiger partial charge >= 0.3 is 0 Å². The SMILES string of the molecule is CCC1CCCC(C(NC)c2c(OC)cnn2C(C)C)C1. The number of nitrogens with zero attached hydrogens (tertiary/aromatic N) is 2. The molecule has 1 aliphatic rings. The molecule has 3 unspecified atom stereocenters. The lowest BCUT2D eigenvalue weighted by Gasteiger charge is -2.35. The molecule has 0 bridgehead atoms. The molecular formula is C17H31N3O. The molecule has 0 amide bonds. The van der Waals surface area contributed by atoms with Crippen molar-refractivity contribution in [1.82, 2.24) is 15.1 Å². The standard InChI is InChI=1S/C17H31N3O/c1-6-13-8-7-9-14(10-13)16(18-4)17-15(21-5)11-19-20(17)12(2)3/h11-14,16,18H,6-10H2,1-5H3. The molecule has 1 aromatic rings. The molecule has 0 aromatic carbocycles. The lowest BCUT2D eigenvalue weighted by molar-refractivity contribution is 0.204. The topological polar surface area (TPSA) is 39.1 Å². The largest absolute Gasteiger partial charge is 0.493 e. The Morgan fingerprint density at radius 1 is 1.43 bits per heavy atom. The Bertz CT molecular complexity index is 441. The summed E-state index contributed by atoms with van der Waals surface area (Å²) in [4.78, 5) is 0. The molecule has 4 heteroatoms. The van der Waals surface area contributed by atoms with E-state index in [0.717, 1.165) is 11.7 Å². The van der Waals surface area contributed by atoms with E-state index in [2.05, 4.69) is 42.9 Å². The van der Waals surface area contributed by atoms with Gasteiger partial charge in [-0.05, 0) is 45.6 Å². The molecular weight excluding hydrogens is 262 g/mol. The molecule has 0 spiro atoms. The molecule has 1 aromatic heterocycles. The monoisotopic (exact) mass is 293 g/mol. The Kier molecular flexibility index (Phi) is 5.68. The van der Waals surface area contributed by atoms with Crippen LogP contribution in [0, 0.1) is 11.8 Å². The summed E-state index contributed by atoms with van der Waals surface area (Å²) < 4.78 is 7.70. The molecule has 3 atom stereocenters. The first kappa shape index (κ1) is 16.3. The lowest BCUT2D eigenvalue weighted by atomic mass is 9.76. The van der Waals surface area contributed by atoms with Crippen LogP contribution in [0.3, 0.4) is 0 Å². The number of aromatic nitrogens is 2. The molecule has 1 heterocycles. The highest BCUT2D eigenvalue weighted by molar-refractivity contribution is 5.29. The summed E-state index contributed by atoms with van der Waals surface area (Å²) in [6.45, 7) is 6.68. The highest BCUT2D eigenvalue weighted by atomic mass is 16.5. The van der Waals surface area contributed by atoms with Crippen molar-refractivity contribution in [3.05, 3.63) is 11.9 Å². The maximum absolute atomic E-state index is 5.58. The van der Waals surface area contributed by atoms with Crippen molar-refractivity contribution >= 4 is 0 Å². The second-order valence-electron chi connectivity index (χ2n) is 6.60. The average molecular weight is 293 g/mol. The van der Waals surface area contributed by atoms with E-state index in [-0.39, 0.29) is 0 Å². The first-order valence-electron chi connectivity index (χ1n) is 8.40. The van der Waals surface area contributed by atoms with Crippen molar-refractivity contribution < 1.29 is 4.74 Å². The van der Waals surface area contributed by atoms with Crippen LogP contribution in [-0.4, -0.2) is 23.9 Å². The summed E-state index contributed by atoms with van der Waals surface area (Å²) in [6.07, 6.45) is 8.51. The molecule has 1 N–H and O–H groups in total. The normalized spacial score (nSPS) is 24.3. The number of hydrogen-bond acceptors (Lipinski definition) is 3. The smallest absolute Gasteiger partial charge is 0.161 e. The Balaban J connectivity index is 2.30. The molecule has 2 rings (SSSR count). The zero-order valence-corrected chi connectivity index (χ0v) is 14.2. The first-order valence-corrected chi connectivity index (χ1v) is 8.40. The van der Waals surface area contributed by atoms with E-state index in [1.54, 1.807) is 7.11 Å². The third-order valence-corrected chi connectivity index (χ3v) is 4.99. The third kappa shape index (κ3) is 3.42. The van der Waals surface area contributed by atoms with Gasteiger partial charge in [0.05, 0.1) is 25.0 Å². The van der Waals surface area contributed by atoms with E-state index in [1.807, 2.05) is 6.20 Å². The van der Waals surface area contributed by atoms with Gasteiger partial charge in [0.15, 0.2) is 5.75 Å². The molecule has 120 valence electrons. The van der Waals surface area contributed by atoms with Crippen molar-refractivity contribution in [2.24, 2.45) is 11.8 Å². The van der Waals surface area contributed by atoms with Crippen LogP contribution in [0.25, 0.3) is 0 Å². The van der Waals surface area contributed by atoms with Gasteiger partial charge in [0.1, 0.15) is 0 Å². The van der Waals surface area contributed by atoms with Crippen LogP contribution in [-0.2, 0) is 0 Å². The molecule has 1 aliphatic carbocycles. The van der Waals surface area contributed by atoms with Gasteiger partial charge < -0.3 is 10.1 Å². The van der Waals surface area contributed by atoms with Crippen LogP contribution >= 0.6 is 0 Å². The Labute approximate surface area is 129 Å². The zero-order chi connectivity index (χ0) is 15.4. The van der Waals surface area contributed by atoms with Gasteiger partial charge in [-0.25, -0.2) is 0 Å². The second kappa shape index (κ2) is 7.30. The number of nitrogens with one attached hydrogen (secondary N) is 1. The summed E-state index contributed by atoms with van der Waals surface area (Å²) in [5, 5.41) is 8.09. The van der Waals surface area contributed by atoms with Gasteiger partial charge in [-0.3, -0.25) is 4.68 Å². The van der Waals surface area contributed by atoms with Crippen molar-refractivity contribution in [3.63, 3.8) is 0 Å². The van der Waals surface area contributed by atoms with Crippen LogP contribution in [0.15, 0.2) is 6.20 Å². The van der Waals surface area contributed by atoms with E-state index in [1.165, 1.54) is 37.8 Å². The lowest BCUT2D eigenvalue weighted by Crippen LogP contribution is -2.32. The van der Waals surface area contributed by atoms with E-state index in [4.69, 9.17) is 4.74 Å². The van der Waals surface area contributed by atoms with Crippen LogP contribution in [0.4, 0.5) is 0 Å². The first-order chi connectivity index (χ1) is 10.1. The van der Waals surface area contributed by atoms with Crippen molar-refractivity contribution in [2.45, 2.75) is 65.0 Å². The van der Waals surface area contributed by atoms with E-state index < -0.39 is 0 Å². The van der Waals surface area contributed by atoms with Gasteiger partial charge in [0.25, 0.3) is 0 Å². The third-order valence-electron chi connectivity index (χ3n) is 4.99. The summed E-state index contributed by atoms with van der Waals surface area (Å²) >= 11 is 0. The van der Waals surface area contributed by atoms with Crippen LogP contribution in [0.1, 0.15) is 70.7 Å². The minimum absolute atomic E-state index is 0.333. The molecule has 1 fully saturated rings. The summed E-state index contributed by atoms with van der Waals surface area (Å²) in [6, 6.07) is 0.685. The van der Waals surface area contributed by atoms with Gasteiger partial charge in [0.2, 0.25) is 0 Å². The summed E-state index contributed by atoms with van der Waals surface area (Å²) in [7, 11) is 3.81. The average Bonchev–Trinajstić information content (AvgIpc) is 2.92. The predicted octanol–water partition coefficient (Wildman–Crippen LogP) is 3.95. The fraction of sp³-hybridized carbons (Fsp3) is 0.824. The molecule has 0 saturated heterocycles. The fourth-order valence-corrected chi connectivity index (χ4v) is 3.82. The van der Waals surface area contributed by atoms with Crippen molar-refractivity contribution in [2.75, 3.05) is 14.2 Å². The zero-order valence-electron chi connectivity index (χ0n) is 14.2. The second-order valence-corrected chi connectivity index (χ2v) is 6.60. The number of hydrogen-bond donors (Lipinski definition) is 1. The maximum Gasteiger partial charge on any atom is 0.161 e. The summed E-state index contributed by atoms with van der Waals surface area (Å²) in [5.74, 6) is 2.47. The predicted molar refractivity (Wildman–Crippen MR) is 86.7 cm³/mol. The van der Waals surface area contributed by atoms with Crippen molar-refractivity contribution in [3.8, 4) is 5.75 Å². The minimum atomic E-state index is 0.333. The van der Waals surface area contributed by atoms with Crippen LogP contribution < -0.4 is 10.1 Å². The van der Waals surface area contributed by atoms with Gasteiger partial charge in [0, 0.05) is 6.04 Å². The fourth-order valence-electron chi connectivity index (χ4n) is 3.82. The van der Waals surface area contributed by atoms with Crippen molar-refractivity contribution in [1.29, 1.82) is 0 Å².